The lowest BCUT2D eigenvalue weighted by atomic mass is 10.1. The van der Waals surface area contributed by atoms with E-state index in [0.717, 1.165) is 0 Å². The van der Waals surface area contributed by atoms with Gasteiger partial charge in [-0.05, 0) is 12.1 Å². The average Bonchev–Trinajstić information content (AvgIpc) is 2.67. The summed E-state index contributed by atoms with van der Waals surface area (Å²) in [4.78, 5) is 3.90. The summed E-state index contributed by atoms with van der Waals surface area (Å²) in [6, 6.07) is 2.98. The smallest absolute Gasteiger partial charge is 0.127 e. The van der Waals surface area contributed by atoms with E-state index in [1.54, 1.807) is 29.4 Å². The topological polar surface area (TPSA) is 38.0 Å². The Morgan fingerprint density at radius 1 is 1.38 bits per heavy atom. The maximum atomic E-state index is 9.78. The fourth-order valence-corrected chi connectivity index (χ4v) is 1.99. The van der Waals surface area contributed by atoms with Crippen LogP contribution in [0.2, 0.25) is 10.0 Å². The first-order valence-electron chi connectivity index (χ1n) is 4.45. The predicted molar refractivity (Wildman–Crippen MR) is 64.8 cm³/mol. The second kappa shape index (κ2) is 4.20. The third-order valence-electron chi connectivity index (χ3n) is 2.14. The van der Waals surface area contributed by atoms with E-state index in [0.29, 0.717) is 21.3 Å². The fourth-order valence-electron chi connectivity index (χ4n) is 1.39. The Kier molecular flexibility index (Phi) is 2.90. The number of benzene rings is 1. The molecule has 0 aliphatic carbocycles. The van der Waals surface area contributed by atoms with Crippen LogP contribution in [-0.2, 0) is 0 Å². The first-order chi connectivity index (χ1) is 7.59. The molecule has 0 aliphatic rings. The van der Waals surface area contributed by atoms with Crippen molar-refractivity contribution in [2.75, 3.05) is 0 Å². The van der Waals surface area contributed by atoms with Crippen LogP contribution in [0, 0.1) is 0 Å². The van der Waals surface area contributed by atoms with Crippen molar-refractivity contribution in [3.05, 3.63) is 53.0 Å². The lowest BCUT2D eigenvalue weighted by Gasteiger charge is -2.11. The summed E-state index contributed by atoms with van der Waals surface area (Å²) < 4.78 is 1.66. The highest BCUT2D eigenvalue weighted by molar-refractivity contribution is 6.36. The summed E-state index contributed by atoms with van der Waals surface area (Å²) in [7, 11) is 0. The highest BCUT2D eigenvalue weighted by Crippen LogP contribution is 2.34. The van der Waals surface area contributed by atoms with Crippen molar-refractivity contribution < 1.29 is 5.11 Å². The number of imidazole rings is 1. The van der Waals surface area contributed by atoms with E-state index in [1.165, 1.54) is 6.07 Å². The minimum Gasteiger partial charge on any atom is -0.507 e. The molecular weight excluding hydrogens is 247 g/mol. The summed E-state index contributed by atoms with van der Waals surface area (Å²) in [5.41, 5.74) is 0.987. The van der Waals surface area contributed by atoms with Gasteiger partial charge in [0.15, 0.2) is 0 Å². The maximum Gasteiger partial charge on any atom is 0.127 e. The van der Waals surface area contributed by atoms with Gasteiger partial charge in [-0.3, -0.25) is 0 Å². The van der Waals surface area contributed by atoms with Gasteiger partial charge in [0, 0.05) is 17.4 Å². The first-order valence-corrected chi connectivity index (χ1v) is 5.21. The fraction of sp³-hybridized carbons (Fsp3) is 0. The Bertz CT molecular complexity index is 512. The quantitative estimate of drug-likeness (QED) is 0.892. The van der Waals surface area contributed by atoms with Gasteiger partial charge in [-0.2, -0.15) is 0 Å². The molecular formula is C11H8Cl2N2O. The highest BCUT2D eigenvalue weighted by Gasteiger charge is 2.12. The molecule has 3 nitrogen and oxygen atoms in total. The molecule has 1 aromatic heterocycles. The van der Waals surface area contributed by atoms with Crippen LogP contribution in [0.5, 0.6) is 5.75 Å². The average molecular weight is 255 g/mol. The molecule has 16 heavy (non-hydrogen) atoms. The molecule has 0 spiro atoms. The van der Waals surface area contributed by atoms with Crippen molar-refractivity contribution in [1.29, 1.82) is 0 Å². The monoisotopic (exact) mass is 254 g/mol. The number of halogens is 2. The SMILES string of the molecule is C=C(c1c(O)cc(Cl)cc1Cl)n1ccnc1. The Hall–Kier alpha value is -1.45. The summed E-state index contributed by atoms with van der Waals surface area (Å²) >= 11 is 11.8. The van der Waals surface area contributed by atoms with Crippen LogP contribution in [0.25, 0.3) is 5.70 Å². The number of hydrogen-bond acceptors (Lipinski definition) is 2. The highest BCUT2D eigenvalue weighted by atomic mass is 35.5. The molecule has 2 rings (SSSR count). The van der Waals surface area contributed by atoms with Crippen LogP contribution in [-0.4, -0.2) is 14.7 Å². The van der Waals surface area contributed by atoms with Gasteiger partial charge in [0.25, 0.3) is 0 Å². The van der Waals surface area contributed by atoms with E-state index in [1.807, 2.05) is 0 Å². The van der Waals surface area contributed by atoms with E-state index in [4.69, 9.17) is 23.2 Å². The Labute approximate surface area is 103 Å². The zero-order valence-corrected chi connectivity index (χ0v) is 9.70. The number of aromatic nitrogens is 2. The van der Waals surface area contributed by atoms with Crippen molar-refractivity contribution in [1.82, 2.24) is 9.55 Å². The molecule has 0 unspecified atom stereocenters. The second-order valence-corrected chi connectivity index (χ2v) is 4.04. The van der Waals surface area contributed by atoms with Crippen LogP contribution in [0.15, 0.2) is 37.4 Å². The van der Waals surface area contributed by atoms with E-state index in [2.05, 4.69) is 11.6 Å². The maximum absolute atomic E-state index is 9.78. The molecule has 0 saturated carbocycles. The van der Waals surface area contributed by atoms with Gasteiger partial charge < -0.3 is 9.67 Å². The van der Waals surface area contributed by atoms with Crippen molar-refractivity contribution in [2.45, 2.75) is 0 Å². The van der Waals surface area contributed by atoms with Crippen molar-refractivity contribution in [3.8, 4) is 5.75 Å². The largest absolute Gasteiger partial charge is 0.507 e. The number of nitrogens with zero attached hydrogens (tertiary/aromatic N) is 2. The number of phenols is 1. The minimum atomic E-state index is -0.00352. The van der Waals surface area contributed by atoms with E-state index in [-0.39, 0.29) is 5.75 Å². The Balaban J connectivity index is 2.53. The molecule has 1 N–H and O–H groups in total. The molecule has 0 fully saturated rings. The molecule has 0 amide bonds. The minimum absolute atomic E-state index is 0.00352. The zero-order chi connectivity index (χ0) is 11.7. The van der Waals surface area contributed by atoms with Gasteiger partial charge in [-0.15, -0.1) is 0 Å². The molecule has 2 aromatic rings. The molecule has 5 heteroatoms. The lowest BCUT2D eigenvalue weighted by molar-refractivity contribution is 0.473. The van der Waals surface area contributed by atoms with Crippen LogP contribution in [0.3, 0.4) is 0 Å². The molecule has 0 saturated heterocycles. The standard InChI is InChI=1S/C11H8Cl2N2O/c1-7(15-3-2-14-6-15)11-9(13)4-8(12)5-10(11)16/h2-6,16H,1H2. The predicted octanol–water partition coefficient (Wildman–Crippen LogP) is 3.41. The van der Waals surface area contributed by atoms with E-state index >= 15 is 0 Å². The summed E-state index contributed by atoms with van der Waals surface area (Å²) in [5, 5.41) is 10.5. The lowest BCUT2D eigenvalue weighted by Crippen LogP contribution is -1.95. The number of rotatable bonds is 2. The summed E-state index contributed by atoms with van der Waals surface area (Å²) in [5.74, 6) is -0.00352. The van der Waals surface area contributed by atoms with Crippen molar-refractivity contribution >= 4 is 28.9 Å². The van der Waals surface area contributed by atoms with Gasteiger partial charge in [0.2, 0.25) is 0 Å². The molecule has 0 atom stereocenters. The van der Waals surface area contributed by atoms with Crippen LogP contribution >= 0.6 is 23.2 Å². The second-order valence-electron chi connectivity index (χ2n) is 3.20. The zero-order valence-electron chi connectivity index (χ0n) is 8.19. The van der Waals surface area contributed by atoms with Gasteiger partial charge in [0.05, 0.1) is 22.6 Å². The van der Waals surface area contributed by atoms with Gasteiger partial charge in [0.1, 0.15) is 5.75 Å². The van der Waals surface area contributed by atoms with Crippen LogP contribution in [0.1, 0.15) is 5.56 Å². The van der Waals surface area contributed by atoms with Crippen molar-refractivity contribution in [3.63, 3.8) is 0 Å². The molecule has 0 aliphatic heterocycles. The Morgan fingerprint density at radius 2 is 2.12 bits per heavy atom. The van der Waals surface area contributed by atoms with Crippen molar-refractivity contribution in [2.24, 2.45) is 0 Å². The van der Waals surface area contributed by atoms with Gasteiger partial charge in [-0.25, -0.2) is 4.98 Å². The summed E-state index contributed by atoms with van der Waals surface area (Å²) in [6.07, 6.45) is 4.91. The molecule has 1 aromatic carbocycles. The van der Waals surface area contributed by atoms with E-state index < -0.39 is 0 Å². The summed E-state index contributed by atoms with van der Waals surface area (Å²) in [6.45, 7) is 3.85. The number of aromatic hydroxyl groups is 1. The number of phenolic OH excluding ortho intramolecular Hbond substituents is 1. The Morgan fingerprint density at radius 3 is 2.69 bits per heavy atom. The van der Waals surface area contributed by atoms with Crippen LogP contribution in [0.4, 0.5) is 0 Å². The first kappa shape index (κ1) is 11.0. The van der Waals surface area contributed by atoms with Gasteiger partial charge in [-0.1, -0.05) is 29.8 Å². The van der Waals surface area contributed by atoms with Crippen LogP contribution < -0.4 is 0 Å². The normalized spacial score (nSPS) is 10.4. The third kappa shape index (κ3) is 1.92. The number of hydrogen-bond donors (Lipinski definition) is 1. The molecule has 1 heterocycles. The third-order valence-corrected chi connectivity index (χ3v) is 2.66. The van der Waals surface area contributed by atoms with E-state index in [9.17, 15) is 5.11 Å². The molecule has 0 bridgehead atoms. The molecule has 0 radical (unpaired) electrons. The molecule has 82 valence electrons. The van der Waals surface area contributed by atoms with Gasteiger partial charge >= 0.3 is 0 Å².